The molecule has 8 aromatic carbocycles. The lowest BCUT2D eigenvalue weighted by Gasteiger charge is -2.16. The number of furan rings is 1. The average Bonchev–Trinajstić information content (AvgIpc) is 3.74. The van der Waals surface area contributed by atoms with E-state index in [9.17, 15) is 0 Å². The summed E-state index contributed by atoms with van der Waals surface area (Å²) >= 11 is 0. The fourth-order valence-corrected chi connectivity index (χ4v) is 7.92. The van der Waals surface area contributed by atoms with Gasteiger partial charge in [0.15, 0.2) is 5.82 Å². The van der Waals surface area contributed by atoms with Crippen molar-refractivity contribution in [2.24, 2.45) is 0 Å². The van der Waals surface area contributed by atoms with Crippen LogP contribution >= 0.6 is 0 Å². The molecule has 11 rings (SSSR count). The van der Waals surface area contributed by atoms with Gasteiger partial charge in [-0.2, -0.15) is 0 Å². The van der Waals surface area contributed by atoms with E-state index < -0.39 is 0 Å². The van der Waals surface area contributed by atoms with Gasteiger partial charge in [-0.15, -0.1) is 0 Å². The van der Waals surface area contributed by atoms with E-state index in [2.05, 4.69) is 144 Å². The van der Waals surface area contributed by atoms with Gasteiger partial charge in [0.05, 0.1) is 22.1 Å². The molecular formula is C46H27N3O. The molecule has 3 aromatic heterocycles. The van der Waals surface area contributed by atoms with Crippen molar-refractivity contribution in [3.05, 3.63) is 164 Å². The van der Waals surface area contributed by atoms with Crippen LogP contribution in [0.15, 0.2) is 168 Å². The average molecular weight is 638 g/mol. The summed E-state index contributed by atoms with van der Waals surface area (Å²) in [5, 5.41) is 9.34. The SMILES string of the molecule is c1ccc(-c2nc3ccccc3nc2-n2c3c(-c4ccc5oc6ccc7ccccc7c6c5c4)cccc3c3ccc4ccccc4c32)cc1. The Balaban J connectivity index is 1.31. The van der Waals surface area contributed by atoms with E-state index in [-0.39, 0.29) is 0 Å². The first kappa shape index (κ1) is 27.2. The number of para-hydroxylation sites is 3. The highest BCUT2D eigenvalue weighted by molar-refractivity contribution is 6.22. The Bertz CT molecular complexity index is 3150. The maximum atomic E-state index is 6.41. The van der Waals surface area contributed by atoms with E-state index in [1.165, 1.54) is 32.3 Å². The molecular weight excluding hydrogens is 611 g/mol. The van der Waals surface area contributed by atoms with Gasteiger partial charge < -0.3 is 4.42 Å². The summed E-state index contributed by atoms with van der Waals surface area (Å²) in [7, 11) is 0. The monoisotopic (exact) mass is 637 g/mol. The summed E-state index contributed by atoms with van der Waals surface area (Å²) in [5.41, 5.74) is 9.80. The Morgan fingerprint density at radius 3 is 1.94 bits per heavy atom. The van der Waals surface area contributed by atoms with Gasteiger partial charge in [0, 0.05) is 38.1 Å². The molecule has 0 radical (unpaired) electrons. The fourth-order valence-electron chi connectivity index (χ4n) is 7.92. The molecule has 0 saturated carbocycles. The predicted octanol–water partition coefficient (Wildman–Crippen LogP) is 12.3. The second kappa shape index (κ2) is 10.4. The van der Waals surface area contributed by atoms with Crippen molar-refractivity contribution in [3.8, 4) is 28.2 Å². The first-order valence-electron chi connectivity index (χ1n) is 16.9. The largest absolute Gasteiger partial charge is 0.456 e. The van der Waals surface area contributed by atoms with Crippen LogP contribution in [0.4, 0.5) is 0 Å². The summed E-state index contributed by atoms with van der Waals surface area (Å²) in [6.07, 6.45) is 0. The number of benzene rings is 8. The molecule has 0 atom stereocenters. The Hall–Kier alpha value is -6.78. The van der Waals surface area contributed by atoms with Crippen LogP contribution in [-0.4, -0.2) is 14.5 Å². The first-order valence-corrected chi connectivity index (χ1v) is 16.9. The quantitative estimate of drug-likeness (QED) is 0.194. The summed E-state index contributed by atoms with van der Waals surface area (Å²) in [6, 6.07) is 57.7. The standard InChI is InChI=1S/C46H27N3O/c1-2-13-30(14-3-1)43-46(48-39-20-9-8-19-38(39)47-43)49-44-33-16-7-5-12-29(33)21-24-36(44)35-18-10-17-34(45(35)49)31-23-25-40-37(27-31)42-32-15-6-4-11-28(32)22-26-41(42)50-40/h1-27H. The van der Waals surface area contributed by atoms with Gasteiger partial charge in [-0.1, -0.05) is 133 Å². The molecule has 4 nitrogen and oxygen atoms in total. The van der Waals surface area contributed by atoms with Crippen LogP contribution in [-0.2, 0) is 0 Å². The maximum Gasteiger partial charge on any atom is 0.165 e. The second-order valence-electron chi connectivity index (χ2n) is 12.9. The Morgan fingerprint density at radius 2 is 1.08 bits per heavy atom. The summed E-state index contributed by atoms with van der Waals surface area (Å²) < 4.78 is 8.78. The molecule has 0 fully saturated rings. The molecule has 0 aliphatic carbocycles. The zero-order valence-electron chi connectivity index (χ0n) is 26.8. The summed E-state index contributed by atoms with van der Waals surface area (Å²) in [4.78, 5) is 10.7. The lowest BCUT2D eigenvalue weighted by Crippen LogP contribution is -2.04. The third-order valence-corrected chi connectivity index (χ3v) is 10.2. The Labute approximate surface area is 286 Å². The molecule has 0 unspecified atom stereocenters. The van der Waals surface area contributed by atoms with Gasteiger partial charge in [0.1, 0.15) is 16.9 Å². The highest BCUT2D eigenvalue weighted by Crippen LogP contribution is 2.44. The van der Waals surface area contributed by atoms with E-state index in [0.29, 0.717) is 0 Å². The molecule has 4 heteroatoms. The minimum Gasteiger partial charge on any atom is -0.456 e. The molecule has 11 aromatic rings. The molecule has 50 heavy (non-hydrogen) atoms. The van der Waals surface area contributed by atoms with Crippen LogP contribution in [0.2, 0.25) is 0 Å². The first-order chi connectivity index (χ1) is 24.8. The molecule has 0 N–H and O–H groups in total. The van der Waals surface area contributed by atoms with Gasteiger partial charge in [0.25, 0.3) is 0 Å². The summed E-state index contributed by atoms with van der Waals surface area (Å²) in [5.74, 6) is 0.805. The normalized spacial score (nSPS) is 12.0. The zero-order valence-corrected chi connectivity index (χ0v) is 26.8. The van der Waals surface area contributed by atoms with Crippen molar-refractivity contribution in [1.82, 2.24) is 14.5 Å². The van der Waals surface area contributed by atoms with Crippen LogP contribution in [0.1, 0.15) is 0 Å². The lowest BCUT2D eigenvalue weighted by molar-refractivity contribution is 0.669. The predicted molar refractivity (Wildman–Crippen MR) is 207 cm³/mol. The molecule has 0 saturated heterocycles. The minimum absolute atomic E-state index is 0.805. The molecule has 3 heterocycles. The van der Waals surface area contributed by atoms with E-state index >= 15 is 0 Å². The zero-order chi connectivity index (χ0) is 32.8. The number of fused-ring (bicyclic) bond motifs is 11. The minimum atomic E-state index is 0.805. The van der Waals surface area contributed by atoms with Crippen molar-refractivity contribution in [2.45, 2.75) is 0 Å². The van der Waals surface area contributed by atoms with Gasteiger partial charge >= 0.3 is 0 Å². The Morgan fingerprint density at radius 1 is 0.420 bits per heavy atom. The number of rotatable bonds is 3. The van der Waals surface area contributed by atoms with Crippen molar-refractivity contribution < 1.29 is 4.42 Å². The van der Waals surface area contributed by atoms with E-state index in [1.54, 1.807) is 0 Å². The van der Waals surface area contributed by atoms with Crippen LogP contribution in [0, 0.1) is 0 Å². The smallest absolute Gasteiger partial charge is 0.165 e. The van der Waals surface area contributed by atoms with Crippen LogP contribution in [0.5, 0.6) is 0 Å². The van der Waals surface area contributed by atoms with E-state index in [4.69, 9.17) is 14.4 Å². The van der Waals surface area contributed by atoms with Gasteiger partial charge in [0.2, 0.25) is 0 Å². The lowest BCUT2D eigenvalue weighted by atomic mass is 9.98. The van der Waals surface area contributed by atoms with Crippen molar-refractivity contribution in [3.63, 3.8) is 0 Å². The second-order valence-corrected chi connectivity index (χ2v) is 12.9. The molecule has 0 bridgehead atoms. The highest BCUT2D eigenvalue weighted by Gasteiger charge is 2.23. The molecule has 0 aliphatic rings. The topological polar surface area (TPSA) is 43.9 Å². The van der Waals surface area contributed by atoms with E-state index in [1.807, 2.05) is 24.3 Å². The maximum absolute atomic E-state index is 6.41. The summed E-state index contributed by atoms with van der Waals surface area (Å²) in [6.45, 7) is 0. The molecule has 232 valence electrons. The van der Waals surface area contributed by atoms with Gasteiger partial charge in [-0.3, -0.25) is 4.57 Å². The molecule has 0 aliphatic heterocycles. The fraction of sp³-hybridized carbons (Fsp3) is 0. The number of aromatic nitrogens is 3. The van der Waals surface area contributed by atoms with Crippen molar-refractivity contribution in [1.29, 1.82) is 0 Å². The molecule has 0 spiro atoms. The third kappa shape index (κ3) is 3.87. The number of nitrogens with zero attached hydrogens (tertiary/aromatic N) is 3. The van der Waals surface area contributed by atoms with Gasteiger partial charge in [-0.25, -0.2) is 9.97 Å². The number of hydrogen-bond acceptors (Lipinski definition) is 3. The molecule has 0 amide bonds. The third-order valence-electron chi connectivity index (χ3n) is 10.2. The van der Waals surface area contributed by atoms with Crippen molar-refractivity contribution in [2.75, 3.05) is 0 Å². The van der Waals surface area contributed by atoms with E-state index in [0.717, 1.165) is 72.2 Å². The highest BCUT2D eigenvalue weighted by atomic mass is 16.3. The van der Waals surface area contributed by atoms with Crippen LogP contribution < -0.4 is 0 Å². The Kier molecular flexibility index (Phi) is 5.63. The number of hydrogen-bond donors (Lipinski definition) is 0. The van der Waals surface area contributed by atoms with Crippen LogP contribution in [0.25, 0.3) is 105 Å². The van der Waals surface area contributed by atoms with Gasteiger partial charge in [-0.05, 0) is 52.1 Å². The van der Waals surface area contributed by atoms with Crippen LogP contribution in [0.3, 0.4) is 0 Å². The van der Waals surface area contributed by atoms with Crippen molar-refractivity contribution >= 4 is 76.3 Å².